The van der Waals surface area contributed by atoms with Gasteiger partial charge in [-0.1, -0.05) is 31.6 Å². The highest BCUT2D eigenvalue weighted by atomic mass is 16.5. The number of ether oxygens (including phenoxy) is 1. The van der Waals surface area contributed by atoms with Gasteiger partial charge in [0, 0.05) is 19.6 Å². The Labute approximate surface area is 131 Å². The third kappa shape index (κ3) is 10.8. The number of piperidine rings is 1. The Kier molecular flexibility index (Phi) is 11.6. The van der Waals surface area contributed by atoms with E-state index in [0.29, 0.717) is 13.0 Å². The van der Waals surface area contributed by atoms with Gasteiger partial charge in [0.15, 0.2) is 0 Å². The number of nitrogens with zero attached hydrogens (tertiary/aromatic N) is 1. The number of unbranched alkanes of at least 4 members (excludes halogenated alkanes) is 4. The van der Waals surface area contributed by atoms with E-state index in [1.54, 1.807) is 6.92 Å². The smallest absolute Gasteiger partial charge is 0.116 e. The van der Waals surface area contributed by atoms with Crippen molar-refractivity contribution >= 4 is 0 Å². The lowest BCUT2D eigenvalue weighted by atomic mass is 10.1. The third-order valence-corrected chi connectivity index (χ3v) is 4.06. The second-order valence-electron chi connectivity index (χ2n) is 5.98. The fraction of sp³-hybridized carbons (Fsp3) is 0.889. The molecule has 1 fully saturated rings. The SMILES string of the molecule is CC#CC(O)CCOCCCCCCCN1CCCCC1. The molecule has 1 N–H and O–H groups in total. The van der Waals surface area contributed by atoms with Crippen molar-refractivity contribution in [1.82, 2.24) is 4.90 Å². The van der Waals surface area contributed by atoms with E-state index in [2.05, 4.69) is 16.7 Å². The molecule has 0 aliphatic carbocycles. The molecular weight excluding hydrogens is 262 g/mol. The minimum absolute atomic E-state index is 0.523. The Morgan fingerprint density at radius 1 is 1.00 bits per heavy atom. The maximum absolute atomic E-state index is 9.40. The first-order valence-electron chi connectivity index (χ1n) is 8.73. The molecule has 0 radical (unpaired) electrons. The van der Waals surface area contributed by atoms with Crippen LogP contribution in [-0.2, 0) is 4.74 Å². The van der Waals surface area contributed by atoms with E-state index in [4.69, 9.17) is 4.74 Å². The first-order valence-corrected chi connectivity index (χ1v) is 8.73. The highest BCUT2D eigenvalue weighted by molar-refractivity contribution is 5.01. The van der Waals surface area contributed by atoms with Gasteiger partial charge < -0.3 is 14.7 Å². The molecule has 1 atom stereocenters. The summed E-state index contributed by atoms with van der Waals surface area (Å²) in [6.07, 6.45) is 10.7. The van der Waals surface area contributed by atoms with Crippen molar-refractivity contribution in [3.63, 3.8) is 0 Å². The van der Waals surface area contributed by atoms with Crippen molar-refractivity contribution in [3.05, 3.63) is 0 Å². The van der Waals surface area contributed by atoms with Crippen molar-refractivity contribution < 1.29 is 9.84 Å². The van der Waals surface area contributed by atoms with Crippen LogP contribution in [0.4, 0.5) is 0 Å². The van der Waals surface area contributed by atoms with E-state index < -0.39 is 6.10 Å². The topological polar surface area (TPSA) is 32.7 Å². The highest BCUT2D eigenvalue weighted by Crippen LogP contribution is 2.11. The van der Waals surface area contributed by atoms with Gasteiger partial charge in [-0.2, -0.15) is 0 Å². The molecule has 0 saturated carbocycles. The summed E-state index contributed by atoms with van der Waals surface area (Å²) in [6, 6.07) is 0. The monoisotopic (exact) mass is 295 g/mol. The van der Waals surface area contributed by atoms with Crippen molar-refractivity contribution in [2.75, 3.05) is 32.8 Å². The zero-order chi connectivity index (χ0) is 15.2. The van der Waals surface area contributed by atoms with Gasteiger partial charge in [0.25, 0.3) is 0 Å². The predicted octanol–water partition coefficient (Wildman–Crippen LogP) is 3.21. The van der Waals surface area contributed by atoms with Gasteiger partial charge in [0.1, 0.15) is 6.10 Å². The number of aliphatic hydroxyl groups is 1. The van der Waals surface area contributed by atoms with Gasteiger partial charge in [-0.25, -0.2) is 0 Å². The number of aliphatic hydroxyl groups excluding tert-OH is 1. The lowest BCUT2D eigenvalue weighted by Crippen LogP contribution is -2.30. The van der Waals surface area contributed by atoms with Crippen LogP contribution in [0.3, 0.4) is 0 Å². The van der Waals surface area contributed by atoms with Gasteiger partial charge in [0.05, 0.1) is 0 Å². The van der Waals surface area contributed by atoms with Crippen LogP contribution in [0, 0.1) is 11.8 Å². The molecule has 1 unspecified atom stereocenters. The molecular formula is C18H33NO2. The fourth-order valence-corrected chi connectivity index (χ4v) is 2.79. The van der Waals surface area contributed by atoms with Gasteiger partial charge in [-0.15, -0.1) is 5.92 Å². The Morgan fingerprint density at radius 2 is 1.71 bits per heavy atom. The minimum Gasteiger partial charge on any atom is -0.381 e. The molecule has 21 heavy (non-hydrogen) atoms. The van der Waals surface area contributed by atoms with E-state index in [0.717, 1.165) is 13.0 Å². The van der Waals surface area contributed by atoms with Crippen molar-refractivity contribution in [2.24, 2.45) is 0 Å². The molecule has 122 valence electrons. The van der Waals surface area contributed by atoms with Crippen molar-refractivity contribution in [2.45, 2.75) is 70.8 Å². The number of hydrogen-bond donors (Lipinski definition) is 1. The molecule has 0 amide bonds. The van der Waals surface area contributed by atoms with Crippen LogP contribution in [0.2, 0.25) is 0 Å². The first-order chi connectivity index (χ1) is 10.3. The average Bonchev–Trinajstić information content (AvgIpc) is 2.50. The molecule has 0 aromatic carbocycles. The van der Waals surface area contributed by atoms with E-state index >= 15 is 0 Å². The molecule has 0 aromatic rings. The summed E-state index contributed by atoms with van der Waals surface area (Å²) >= 11 is 0. The number of rotatable bonds is 11. The molecule has 1 saturated heterocycles. The zero-order valence-corrected chi connectivity index (χ0v) is 13.8. The van der Waals surface area contributed by atoms with Crippen LogP contribution in [0.15, 0.2) is 0 Å². The molecule has 3 nitrogen and oxygen atoms in total. The summed E-state index contributed by atoms with van der Waals surface area (Å²) in [5.41, 5.74) is 0. The maximum atomic E-state index is 9.40. The summed E-state index contributed by atoms with van der Waals surface area (Å²) < 4.78 is 5.52. The Hall–Kier alpha value is -0.560. The summed E-state index contributed by atoms with van der Waals surface area (Å²) in [5, 5.41) is 9.40. The van der Waals surface area contributed by atoms with Gasteiger partial charge in [0.2, 0.25) is 0 Å². The summed E-state index contributed by atoms with van der Waals surface area (Å²) in [7, 11) is 0. The lowest BCUT2D eigenvalue weighted by Gasteiger charge is -2.26. The average molecular weight is 295 g/mol. The number of likely N-dealkylation sites (tertiary alicyclic amines) is 1. The van der Waals surface area contributed by atoms with E-state index in [1.807, 2.05) is 0 Å². The van der Waals surface area contributed by atoms with Gasteiger partial charge in [-0.05, 0) is 52.2 Å². The highest BCUT2D eigenvalue weighted by Gasteiger charge is 2.08. The third-order valence-electron chi connectivity index (χ3n) is 4.06. The van der Waals surface area contributed by atoms with Gasteiger partial charge in [-0.3, -0.25) is 0 Å². The summed E-state index contributed by atoms with van der Waals surface area (Å²) in [6.45, 7) is 7.12. The minimum atomic E-state index is -0.523. The Bertz CT molecular complexity index is 289. The molecule has 1 aliphatic rings. The summed E-state index contributed by atoms with van der Waals surface area (Å²) in [4.78, 5) is 2.62. The molecule has 0 aromatic heterocycles. The fourth-order valence-electron chi connectivity index (χ4n) is 2.79. The predicted molar refractivity (Wildman–Crippen MR) is 88.3 cm³/mol. The molecule has 1 heterocycles. The van der Waals surface area contributed by atoms with Gasteiger partial charge >= 0.3 is 0 Å². The standard InChI is InChI=1S/C18H33NO2/c1-2-11-18(20)12-17-21-16-10-5-3-4-7-13-19-14-8-6-9-15-19/h18,20H,3-10,12-17H2,1H3. The van der Waals surface area contributed by atoms with Crippen molar-refractivity contribution in [3.8, 4) is 11.8 Å². The second kappa shape index (κ2) is 13.1. The first kappa shape index (κ1) is 18.5. The van der Waals surface area contributed by atoms with Crippen LogP contribution in [0.1, 0.15) is 64.7 Å². The quantitative estimate of drug-likeness (QED) is 0.469. The lowest BCUT2D eigenvalue weighted by molar-refractivity contribution is 0.0982. The maximum Gasteiger partial charge on any atom is 0.116 e. The van der Waals surface area contributed by atoms with Crippen LogP contribution < -0.4 is 0 Å². The van der Waals surface area contributed by atoms with E-state index in [1.165, 1.54) is 64.6 Å². The molecule has 0 bridgehead atoms. The van der Waals surface area contributed by atoms with E-state index in [-0.39, 0.29) is 0 Å². The molecule has 3 heteroatoms. The summed E-state index contributed by atoms with van der Waals surface area (Å²) in [5.74, 6) is 5.43. The Balaban J connectivity index is 1.77. The van der Waals surface area contributed by atoms with Crippen LogP contribution >= 0.6 is 0 Å². The molecule has 1 aliphatic heterocycles. The zero-order valence-electron chi connectivity index (χ0n) is 13.8. The molecule has 1 rings (SSSR count). The van der Waals surface area contributed by atoms with Crippen LogP contribution in [-0.4, -0.2) is 49.0 Å². The normalized spacial score (nSPS) is 17.2. The number of hydrogen-bond acceptors (Lipinski definition) is 3. The largest absolute Gasteiger partial charge is 0.381 e. The van der Waals surface area contributed by atoms with Crippen molar-refractivity contribution in [1.29, 1.82) is 0 Å². The van der Waals surface area contributed by atoms with Crippen LogP contribution in [0.25, 0.3) is 0 Å². The second-order valence-corrected chi connectivity index (χ2v) is 5.98. The van der Waals surface area contributed by atoms with E-state index in [9.17, 15) is 5.11 Å². The Morgan fingerprint density at radius 3 is 2.48 bits per heavy atom. The van der Waals surface area contributed by atoms with Crippen LogP contribution in [0.5, 0.6) is 0 Å². The molecule has 0 spiro atoms.